The van der Waals surface area contributed by atoms with Crippen LogP contribution in [0.15, 0.2) is 116 Å². The van der Waals surface area contributed by atoms with E-state index in [1.54, 1.807) is 73.8 Å². The molecule has 39 heavy (non-hydrogen) atoms. The molecular formula is C29H20I2N4O4. The van der Waals surface area contributed by atoms with E-state index >= 15 is 0 Å². The van der Waals surface area contributed by atoms with Crippen LogP contribution >= 0.6 is 45.2 Å². The maximum atomic E-state index is 12.5. The summed E-state index contributed by atoms with van der Waals surface area (Å²) >= 11 is 4.36. The molecule has 0 amide bonds. The van der Waals surface area contributed by atoms with Gasteiger partial charge >= 0.3 is 11.4 Å². The van der Waals surface area contributed by atoms with E-state index in [4.69, 9.17) is 0 Å². The summed E-state index contributed by atoms with van der Waals surface area (Å²) in [5.74, 6) is 0. The summed E-state index contributed by atoms with van der Waals surface area (Å²) in [6.07, 6.45) is 0. The van der Waals surface area contributed by atoms with E-state index in [2.05, 4.69) is 50.2 Å². The minimum Gasteiger partial charge on any atom is -0.306 e. The molecule has 6 rings (SSSR count). The van der Waals surface area contributed by atoms with Gasteiger partial charge in [-0.05, 0) is 118 Å². The second-order valence-corrected chi connectivity index (χ2v) is 11.1. The van der Waals surface area contributed by atoms with E-state index in [0.717, 1.165) is 11.7 Å². The van der Waals surface area contributed by atoms with E-state index in [0.29, 0.717) is 33.2 Å². The van der Waals surface area contributed by atoms with Gasteiger partial charge in [0.2, 0.25) is 0 Å². The van der Waals surface area contributed by atoms with Crippen molar-refractivity contribution >= 4 is 67.0 Å². The molecule has 10 heteroatoms. The monoisotopic (exact) mass is 742 g/mol. The van der Waals surface area contributed by atoms with Crippen molar-refractivity contribution in [1.82, 2.24) is 18.7 Å². The largest absolute Gasteiger partial charge is 0.335 e. The summed E-state index contributed by atoms with van der Waals surface area (Å²) in [5, 5.41) is 1.04. The zero-order valence-corrected chi connectivity index (χ0v) is 24.8. The van der Waals surface area contributed by atoms with Crippen molar-refractivity contribution in [2.24, 2.45) is 7.05 Å². The fraction of sp³-hybridized carbons (Fsp3) is 0.0345. The predicted octanol–water partition coefficient (Wildman–Crippen LogP) is 4.58. The van der Waals surface area contributed by atoms with Gasteiger partial charge in [0.05, 0.1) is 33.2 Å². The number of benzene rings is 4. The molecule has 6 aromatic rings. The lowest BCUT2D eigenvalue weighted by molar-refractivity contribution is 0.774. The third-order valence-corrected chi connectivity index (χ3v) is 7.59. The molecule has 0 aliphatic rings. The Balaban J connectivity index is 0.000000158. The van der Waals surface area contributed by atoms with Crippen LogP contribution < -0.4 is 22.5 Å². The minimum absolute atomic E-state index is 0.287. The molecule has 1 N–H and O–H groups in total. The Labute approximate surface area is 248 Å². The van der Waals surface area contributed by atoms with Crippen LogP contribution in [-0.4, -0.2) is 18.7 Å². The van der Waals surface area contributed by atoms with Crippen LogP contribution in [0.5, 0.6) is 0 Å². The summed E-state index contributed by atoms with van der Waals surface area (Å²) < 4.78 is 5.95. The number of aryl methyl sites for hydroxylation is 1. The maximum Gasteiger partial charge on any atom is 0.335 e. The number of nitrogens with zero attached hydrogens (tertiary/aromatic N) is 3. The van der Waals surface area contributed by atoms with Crippen LogP contribution in [0.25, 0.3) is 33.2 Å². The fourth-order valence-electron chi connectivity index (χ4n) is 4.21. The number of H-pyrrole nitrogens is 1. The molecule has 0 radical (unpaired) electrons. The fourth-order valence-corrected chi connectivity index (χ4v) is 4.93. The van der Waals surface area contributed by atoms with Gasteiger partial charge in [-0.25, -0.2) is 18.7 Å². The number of aromatic nitrogens is 4. The van der Waals surface area contributed by atoms with Crippen molar-refractivity contribution in [3.8, 4) is 11.4 Å². The van der Waals surface area contributed by atoms with Crippen molar-refractivity contribution in [3.63, 3.8) is 0 Å². The standard InChI is InChI=1S/C15H11IN2O2.C14H9IN2O2/c1-17-13-5-3-2-4-12(13)14(19)18(15(17)20)11-8-6-10(16)7-9-11;15-9-5-7-10(8-6-9)17-13(18)11-3-1-2-4-12(11)16-14(17)19/h2-9H,1H3;1-8H,(H,16,19). The summed E-state index contributed by atoms with van der Waals surface area (Å²) in [6, 6.07) is 28.6. The zero-order valence-electron chi connectivity index (χ0n) is 20.5. The molecule has 0 aliphatic heterocycles. The van der Waals surface area contributed by atoms with Gasteiger partial charge in [-0.3, -0.25) is 14.2 Å². The highest BCUT2D eigenvalue weighted by Crippen LogP contribution is 2.12. The molecule has 0 atom stereocenters. The topological polar surface area (TPSA) is 98.9 Å². The van der Waals surface area contributed by atoms with Gasteiger partial charge in [0, 0.05) is 14.2 Å². The van der Waals surface area contributed by atoms with Crippen LogP contribution in [-0.2, 0) is 7.05 Å². The Bertz CT molecular complexity index is 2070. The van der Waals surface area contributed by atoms with Gasteiger partial charge in [-0.1, -0.05) is 24.3 Å². The quantitative estimate of drug-likeness (QED) is 0.263. The van der Waals surface area contributed by atoms with Crippen molar-refractivity contribution in [2.45, 2.75) is 0 Å². The van der Waals surface area contributed by atoms with Crippen LogP contribution in [0.2, 0.25) is 0 Å². The smallest absolute Gasteiger partial charge is 0.306 e. The molecule has 0 unspecified atom stereocenters. The van der Waals surface area contributed by atoms with Crippen LogP contribution in [0.4, 0.5) is 0 Å². The van der Waals surface area contributed by atoms with E-state index in [1.807, 2.05) is 30.3 Å². The summed E-state index contributed by atoms with van der Waals surface area (Å²) in [6.45, 7) is 0. The van der Waals surface area contributed by atoms with E-state index in [1.165, 1.54) is 9.13 Å². The number of nitrogens with one attached hydrogen (secondary N) is 1. The Morgan fingerprint density at radius 3 is 1.69 bits per heavy atom. The summed E-state index contributed by atoms with van der Waals surface area (Å²) in [5.41, 5.74) is 0.994. The molecule has 0 saturated carbocycles. The van der Waals surface area contributed by atoms with E-state index in [9.17, 15) is 19.2 Å². The lowest BCUT2D eigenvalue weighted by atomic mass is 10.2. The van der Waals surface area contributed by atoms with E-state index < -0.39 is 5.69 Å². The average Bonchev–Trinajstić information content (AvgIpc) is 2.94. The number of aromatic amines is 1. The molecule has 8 nitrogen and oxygen atoms in total. The SMILES string of the molecule is Cn1c(=O)n(-c2ccc(I)cc2)c(=O)c2ccccc21.O=c1[nH]c2ccccc2c(=O)n1-c1ccc(I)cc1. The zero-order chi connectivity index (χ0) is 27.7. The highest BCUT2D eigenvalue weighted by molar-refractivity contribution is 14.1. The second-order valence-electron chi connectivity index (χ2n) is 8.57. The van der Waals surface area contributed by atoms with Gasteiger partial charge in [0.25, 0.3) is 11.1 Å². The molecule has 4 aromatic carbocycles. The lowest BCUT2D eigenvalue weighted by Crippen LogP contribution is -2.37. The normalized spacial score (nSPS) is 10.8. The number of hydrogen-bond donors (Lipinski definition) is 1. The Hall–Kier alpha value is -3.78. The molecule has 0 aliphatic carbocycles. The summed E-state index contributed by atoms with van der Waals surface area (Å²) in [4.78, 5) is 52.1. The molecule has 2 heterocycles. The number of hydrogen-bond acceptors (Lipinski definition) is 4. The van der Waals surface area contributed by atoms with Crippen molar-refractivity contribution in [2.75, 3.05) is 0 Å². The Morgan fingerprint density at radius 2 is 1.08 bits per heavy atom. The van der Waals surface area contributed by atoms with Crippen LogP contribution in [0.1, 0.15) is 0 Å². The molecule has 0 saturated heterocycles. The molecule has 2 aromatic heterocycles. The van der Waals surface area contributed by atoms with Crippen molar-refractivity contribution in [3.05, 3.63) is 146 Å². The Morgan fingerprint density at radius 1 is 0.590 bits per heavy atom. The molecule has 0 fully saturated rings. The minimum atomic E-state index is -0.426. The first-order valence-electron chi connectivity index (χ1n) is 11.7. The van der Waals surface area contributed by atoms with Gasteiger partial charge < -0.3 is 4.98 Å². The van der Waals surface area contributed by atoms with Gasteiger partial charge in [0.15, 0.2) is 0 Å². The predicted molar refractivity (Wildman–Crippen MR) is 170 cm³/mol. The first-order chi connectivity index (χ1) is 18.8. The van der Waals surface area contributed by atoms with Crippen molar-refractivity contribution < 1.29 is 0 Å². The number of rotatable bonds is 2. The number of para-hydroxylation sites is 2. The van der Waals surface area contributed by atoms with Gasteiger partial charge in [-0.2, -0.15) is 0 Å². The highest BCUT2D eigenvalue weighted by Gasteiger charge is 2.12. The molecule has 194 valence electrons. The summed E-state index contributed by atoms with van der Waals surface area (Å²) in [7, 11) is 1.67. The molecule has 0 spiro atoms. The van der Waals surface area contributed by atoms with Gasteiger partial charge in [-0.15, -0.1) is 0 Å². The number of fused-ring (bicyclic) bond motifs is 2. The van der Waals surface area contributed by atoms with Crippen LogP contribution in [0.3, 0.4) is 0 Å². The third-order valence-electron chi connectivity index (χ3n) is 6.15. The lowest BCUT2D eigenvalue weighted by Gasteiger charge is -2.10. The average molecular weight is 742 g/mol. The van der Waals surface area contributed by atoms with Crippen LogP contribution in [0, 0.1) is 7.14 Å². The Kier molecular flexibility index (Phi) is 7.66. The van der Waals surface area contributed by atoms with E-state index in [-0.39, 0.29) is 16.8 Å². The molecule has 0 bridgehead atoms. The highest BCUT2D eigenvalue weighted by atomic mass is 127. The second kappa shape index (κ2) is 11.1. The molecular weight excluding hydrogens is 722 g/mol. The first-order valence-corrected chi connectivity index (χ1v) is 13.9. The number of halogens is 2. The van der Waals surface area contributed by atoms with Gasteiger partial charge in [0.1, 0.15) is 0 Å². The maximum absolute atomic E-state index is 12.5. The van der Waals surface area contributed by atoms with Crippen molar-refractivity contribution in [1.29, 1.82) is 0 Å². The first kappa shape index (κ1) is 26.8. The third kappa shape index (κ3) is 5.26.